The molecule has 0 N–H and O–H groups in total. The molecule has 0 radical (unpaired) electrons. The van der Waals surface area contributed by atoms with Gasteiger partial charge in [0.15, 0.2) is 4.90 Å². The minimum Gasteiger partial charge on any atom is -0.611 e. The van der Waals surface area contributed by atoms with Gasteiger partial charge in [-0.25, -0.2) is 0 Å². The molecule has 0 aliphatic carbocycles. The summed E-state index contributed by atoms with van der Waals surface area (Å²) in [7, 11) is 0. The van der Waals surface area contributed by atoms with Gasteiger partial charge in [-0.2, -0.15) is 0 Å². The lowest BCUT2D eigenvalue weighted by molar-refractivity contribution is -0.384. The van der Waals surface area contributed by atoms with Crippen LogP contribution in [0.25, 0.3) is 0 Å². The maximum absolute atomic E-state index is 12.3. The summed E-state index contributed by atoms with van der Waals surface area (Å²) < 4.78 is 18.0. The smallest absolute Gasteiger partial charge is 0.269 e. The second kappa shape index (κ2) is 10.0. The second-order valence-electron chi connectivity index (χ2n) is 6.78. The summed E-state index contributed by atoms with van der Waals surface area (Å²) in [5, 5.41) is 10.6. The Kier molecular flexibility index (Phi) is 8.73. The highest BCUT2D eigenvalue weighted by Gasteiger charge is 2.19. The molecule has 0 aliphatic heterocycles. The largest absolute Gasteiger partial charge is 0.611 e. The molecule has 2 unspecified atom stereocenters. The van der Waals surface area contributed by atoms with Crippen molar-refractivity contribution in [2.75, 3.05) is 12.4 Å². The third kappa shape index (κ3) is 7.64. The van der Waals surface area contributed by atoms with E-state index in [0.717, 1.165) is 32.3 Å². The van der Waals surface area contributed by atoms with Gasteiger partial charge < -0.3 is 9.29 Å². The van der Waals surface area contributed by atoms with E-state index in [9.17, 15) is 14.7 Å². The number of benzene rings is 1. The first-order chi connectivity index (χ1) is 11.2. The van der Waals surface area contributed by atoms with E-state index in [4.69, 9.17) is 4.74 Å². The molecule has 5 nitrogen and oxygen atoms in total. The van der Waals surface area contributed by atoms with Crippen LogP contribution in [-0.2, 0) is 15.9 Å². The van der Waals surface area contributed by atoms with Gasteiger partial charge in [0.2, 0.25) is 0 Å². The van der Waals surface area contributed by atoms with E-state index < -0.39 is 16.1 Å². The van der Waals surface area contributed by atoms with Crippen molar-refractivity contribution in [1.82, 2.24) is 0 Å². The van der Waals surface area contributed by atoms with E-state index in [0.29, 0.717) is 16.6 Å². The number of rotatable bonds is 11. The molecule has 24 heavy (non-hydrogen) atoms. The van der Waals surface area contributed by atoms with Crippen LogP contribution in [0, 0.1) is 16.0 Å². The van der Waals surface area contributed by atoms with Crippen molar-refractivity contribution in [2.24, 2.45) is 5.92 Å². The van der Waals surface area contributed by atoms with Crippen LogP contribution in [0.1, 0.15) is 53.4 Å². The van der Waals surface area contributed by atoms with Gasteiger partial charge in [-0.05, 0) is 62.8 Å². The first-order valence-electron chi connectivity index (χ1n) is 8.52. The van der Waals surface area contributed by atoms with Gasteiger partial charge >= 0.3 is 0 Å². The molecule has 0 bridgehead atoms. The zero-order valence-electron chi connectivity index (χ0n) is 15.1. The number of non-ortho nitro benzene ring substituents is 1. The molecule has 2 atom stereocenters. The molecule has 1 rings (SSSR count). The molecule has 0 saturated carbocycles. The maximum Gasteiger partial charge on any atom is 0.269 e. The summed E-state index contributed by atoms with van der Waals surface area (Å²) in [6.07, 6.45) is 4.10. The van der Waals surface area contributed by atoms with Crippen molar-refractivity contribution in [1.29, 1.82) is 0 Å². The topological polar surface area (TPSA) is 75.4 Å². The predicted molar refractivity (Wildman–Crippen MR) is 97.7 cm³/mol. The molecular weight excluding hydrogens is 326 g/mol. The molecule has 0 fully saturated rings. The van der Waals surface area contributed by atoms with Crippen molar-refractivity contribution in [3.05, 3.63) is 34.4 Å². The predicted octanol–water partition coefficient (Wildman–Crippen LogP) is 4.71. The number of nitro groups is 1. The summed E-state index contributed by atoms with van der Waals surface area (Å²) in [5.74, 6) is 1.10. The fourth-order valence-corrected chi connectivity index (χ4v) is 3.92. The van der Waals surface area contributed by atoms with Crippen molar-refractivity contribution in [3.63, 3.8) is 0 Å². The number of nitro benzene ring substituents is 1. The van der Waals surface area contributed by atoms with Crippen LogP contribution in [0.5, 0.6) is 0 Å². The number of hydrogen-bond donors (Lipinski definition) is 0. The molecule has 0 heterocycles. The maximum atomic E-state index is 12.3. The Labute approximate surface area is 148 Å². The summed E-state index contributed by atoms with van der Waals surface area (Å²) in [6, 6.07) is 5.99. The van der Waals surface area contributed by atoms with Gasteiger partial charge in [-0.3, -0.25) is 10.1 Å². The highest BCUT2D eigenvalue weighted by atomic mass is 32.2. The van der Waals surface area contributed by atoms with E-state index in [1.807, 2.05) is 6.92 Å². The van der Waals surface area contributed by atoms with Crippen LogP contribution in [0.4, 0.5) is 5.69 Å². The van der Waals surface area contributed by atoms with Gasteiger partial charge in [0.25, 0.3) is 5.69 Å². The van der Waals surface area contributed by atoms with Crippen LogP contribution in [-0.4, -0.2) is 27.4 Å². The third-order valence-electron chi connectivity index (χ3n) is 4.12. The zero-order chi connectivity index (χ0) is 18.2. The molecule has 1 aromatic carbocycles. The average Bonchev–Trinajstić information content (AvgIpc) is 2.52. The summed E-state index contributed by atoms with van der Waals surface area (Å²) in [4.78, 5) is 10.8. The molecule has 0 spiro atoms. The van der Waals surface area contributed by atoms with Gasteiger partial charge in [0.05, 0.1) is 10.5 Å². The second-order valence-corrected chi connectivity index (χ2v) is 8.35. The Balaban J connectivity index is 2.33. The number of ether oxygens (including phenoxy) is 1. The van der Waals surface area contributed by atoms with Crippen molar-refractivity contribution >= 4 is 16.9 Å². The Morgan fingerprint density at radius 3 is 2.42 bits per heavy atom. The lowest BCUT2D eigenvalue weighted by Crippen LogP contribution is -2.24. The fourth-order valence-electron chi connectivity index (χ4n) is 2.63. The van der Waals surface area contributed by atoms with Crippen molar-refractivity contribution in [3.8, 4) is 0 Å². The molecule has 0 amide bonds. The van der Waals surface area contributed by atoms with E-state index in [1.165, 1.54) is 12.1 Å². The zero-order valence-corrected chi connectivity index (χ0v) is 15.9. The standard InChI is InChI=1S/C18H29NO4S/c1-5-23-18(3,4)13-6-7-15(2)12-14-24(22)17-10-8-16(9-11-17)19(20)21/h8-11,15H,5-7,12-14H2,1-4H3. The molecule has 1 aromatic rings. The first-order valence-corrected chi connectivity index (χ1v) is 9.84. The highest BCUT2D eigenvalue weighted by molar-refractivity contribution is 7.91. The highest BCUT2D eigenvalue weighted by Crippen LogP contribution is 2.23. The van der Waals surface area contributed by atoms with E-state index >= 15 is 0 Å². The molecule has 0 aliphatic rings. The molecule has 0 saturated heterocycles. The van der Waals surface area contributed by atoms with Gasteiger partial charge in [-0.15, -0.1) is 0 Å². The normalized spacial score (nSPS) is 14.4. The molecule has 136 valence electrons. The first kappa shape index (κ1) is 20.9. The molecule has 6 heteroatoms. The monoisotopic (exact) mass is 355 g/mol. The quantitative estimate of drug-likeness (QED) is 0.327. The minimum absolute atomic E-state index is 0.0287. The Bertz CT molecular complexity index is 504. The van der Waals surface area contributed by atoms with Crippen LogP contribution >= 0.6 is 0 Å². The van der Waals surface area contributed by atoms with Crippen molar-refractivity contribution in [2.45, 2.75) is 63.9 Å². The van der Waals surface area contributed by atoms with Crippen molar-refractivity contribution < 1.29 is 14.2 Å². The number of hydrogen-bond acceptors (Lipinski definition) is 4. The lowest BCUT2D eigenvalue weighted by atomic mass is 9.95. The minimum atomic E-state index is -1.10. The third-order valence-corrected chi connectivity index (χ3v) is 5.52. The summed E-state index contributed by atoms with van der Waals surface area (Å²) in [5.41, 5.74) is -0.0446. The van der Waals surface area contributed by atoms with Gasteiger partial charge in [-0.1, -0.05) is 19.8 Å². The average molecular weight is 356 g/mol. The SMILES string of the molecule is CCOC(C)(C)CCCC(C)CC[S+]([O-])c1ccc([N+](=O)[O-])cc1. The van der Waals surface area contributed by atoms with Crippen LogP contribution < -0.4 is 0 Å². The fraction of sp³-hybridized carbons (Fsp3) is 0.667. The van der Waals surface area contributed by atoms with E-state index in [2.05, 4.69) is 20.8 Å². The summed E-state index contributed by atoms with van der Waals surface area (Å²) in [6.45, 7) is 9.16. The Morgan fingerprint density at radius 1 is 1.25 bits per heavy atom. The van der Waals surface area contributed by atoms with Crippen LogP contribution in [0.15, 0.2) is 29.2 Å². The Hall–Kier alpha value is -1.11. The summed E-state index contributed by atoms with van der Waals surface area (Å²) >= 11 is -1.10. The van der Waals surface area contributed by atoms with E-state index in [1.54, 1.807) is 12.1 Å². The van der Waals surface area contributed by atoms with Gasteiger partial charge in [0.1, 0.15) is 5.75 Å². The molecular formula is C18H29NO4S. The molecule has 0 aromatic heterocycles. The lowest BCUT2D eigenvalue weighted by Gasteiger charge is -2.25. The van der Waals surface area contributed by atoms with Crippen LogP contribution in [0.2, 0.25) is 0 Å². The number of nitrogens with zero attached hydrogens (tertiary/aromatic N) is 1. The van der Waals surface area contributed by atoms with E-state index in [-0.39, 0.29) is 11.3 Å². The Morgan fingerprint density at radius 2 is 1.88 bits per heavy atom. The van der Waals surface area contributed by atoms with Gasteiger partial charge in [0, 0.05) is 18.7 Å². The van der Waals surface area contributed by atoms with Crippen LogP contribution in [0.3, 0.4) is 0 Å².